The van der Waals surface area contributed by atoms with E-state index in [0.717, 1.165) is 15.6 Å². The van der Waals surface area contributed by atoms with Crippen molar-refractivity contribution in [3.8, 4) is 5.75 Å². The summed E-state index contributed by atoms with van der Waals surface area (Å²) < 4.78 is 6.37. The van der Waals surface area contributed by atoms with Gasteiger partial charge in [0.1, 0.15) is 12.4 Å². The molecule has 1 rings (SSSR count). The van der Waals surface area contributed by atoms with Crippen LogP contribution in [0.2, 0.25) is 0 Å². The van der Waals surface area contributed by atoms with E-state index in [1.165, 1.54) is 0 Å². The highest BCUT2D eigenvalue weighted by molar-refractivity contribution is 9.10. The Kier molecular flexibility index (Phi) is 6.05. The first-order valence-corrected chi connectivity index (χ1v) is 6.74. The van der Waals surface area contributed by atoms with Crippen molar-refractivity contribution in [1.29, 1.82) is 0 Å². The van der Waals surface area contributed by atoms with Crippen molar-refractivity contribution in [3.63, 3.8) is 0 Å². The minimum absolute atomic E-state index is 0.0461. The third kappa shape index (κ3) is 5.04. The Hall–Kier alpha value is -1.33. The van der Waals surface area contributed by atoms with Crippen molar-refractivity contribution in [1.82, 2.24) is 0 Å². The maximum Gasteiger partial charge on any atom is 0.303 e. The molecule has 0 saturated carbocycles. The first kappa shape index (κ1) is 15.7. The number of hydrogen-bond donors (Lipinski definition) is 2. The molecule has 104 valence electrons. The number of carboxylic acids is 1. The molecule has 0 radical (unpaired) electrons. The minimum Gasteiger partial charge on any atom is -0.488 e. The van der Waals surface area contributed by atoms with E-state index < -0.39 is 5.97 Å². The van der Waals surface area contributed by atoms with E-state index in [1.54, 1.807) is 0 Å². The van der Waals surface area contributed by atoms with Gasteiger partial charge in [-0.1, -0.05) is 18.7 Å². The van der Waals surface area contributed by atoms with Crippen LogP contribution in [0.4, 0.5) is 0 Å². The van der Waals surface area contributed by atoms with Crippen molar-refractivity contribution >= 4 is 21.9 Å². The SMILES string of the molecule is C=C(C)COc1cccc(C(N)CCC(=O)O)c1Br. The number of nitrogens with two attached hydrogens (primary N) is 1. The van der Waals surface area contributed by atoms with Gasteiger partial charge < -0.3 is 15.6 Å². The first-order valence-electron chi connectivity index (χ1n) is 5.94. The molecule has 0 spiro atoms. The molecule has 0 aliphatic rings. The van der Waals surface area contributed by atoms with Crippen LogP contribution in [0.5, 0.6) is 5.75 Å². The van der Waals surface area contributed by atoms with Crippen LogP contribution in [0.3, 0.4) is 0 Å². The quantitative estimate of drug-likeness (QED) is 0.754. The van der Waals surface area contributed by atoms with Gasteiger partial charge in [0.05, 0.1) is 4.47 Å². The number of rotatable bonds is 7. The van der Waals surface area contributed by atoms with Crippen molar-refractivity contribution in [2.45, 2.75) is 25.8 Å². The third-order valence-corrected chi connectivity index (χ3v) is 3.38. The Labute approximate surface area is 121 Å². The summed E-state index contributed by atoms with van der Waals surface area (Å²) >= 11 is 3.46. The average Bonchev–Trinajstić information content (AvgIpc) is 2.34. The molecule has 0 aliphatic heterocycles. The normalized spacial score (nSPS) is 11.9. The fraction of sp³-hybridized carbons (Fsp3) is 0.357. The van der Waals surface area contributed by atoms with Crippen LogP contribution in [0.25, 0.3) is 0 Å². The van der Waals surface area contributed by atoms with Crippen LogP contribution in [-0.4, -0.2) is 17.7 Å². The molecule has 1 atom stereocenters. The maximum absolute atomic E-state index is 10.6. The lowest BCUT2D eigenvalue weighted by molar-refractivity contribution is -0.137. The highest BCUT2D eigenvalue weighted by Crippen LogP contribution is 2.33. The van der Waals surface area contributed by atoms with E-state index in [9.17, 15) is 4.79 Å². The molecule has 0 fully saturated rings. The van der Waals surface area contributed by atoms with Gasteiger partial charge in [-0.25, -0.2) is 0 Å². The number of halogens is 1. The third-order valence-electron chi connectivity index (χ3n) is 2.54. The molecular formula is C14H18BrNO3. The second-order valence-electron chi connectivity index (χ2n) is 4.44. The lowest BCUT2D eigenvalue weighted by atomic mass is 10.0. The van der Waals surface area contributed by atoms with E-state index in [1.807, 2.05) is 25.1 Å². The summed E-state index contributed by atoms with van der Waals surface area (Å²) in [4.78, 5) is 10.6. The van der Waals surface area contributed by atoms with Gasteiger partial charge in [0.25, 0.3) is 0 Å². The summed E-state index contributed by atoms with van der Waals surface area (Å²) in [5, 5.41) is 8.68. The fourth-order valence-electron chi connectivity index (χ4n) is 1.56. The Morgan fingerprint density at radius 2 is 2.26 bits per heavy atom. The van der Waals surface area contributed by atoms with Gasteiger partial charge in [-0.2, -0.15) is 0 Å². The molecule has 0 saturated heterocycles. The predicted octanol–water partition coefficient (Wildman–Crippen LogP) is 3.27. The number of hydrogen-bond acceptors (Lipinski definition) is 3. The Morgan fingerprint density at radius 1 is 1.58 bits per heavy atom. The van der Waals surface area contributed by atoms with Crippen LogP contribution < -0.4 is 10.5 Å². The van der Waals surface area contributed by atoms with Crippen LogP contribution in [-0.2, 0) is 4.79 Å². The number of carbonyl (C=O) groups is 1. The van der Waals surface area contributed by atoms with E-state index in [4.69, 9.17) is 15.6 Å². The first-order chi connectivity index (χ1) is 8.91. The van der Waals surface area contributed by atoms with Gasteiger partial charge in [0.15, 0.2) is 0 Å². The zero-order chi connectivity index (χ0) is 14.4. The molecular weight excluding hydrogens is 310 g/mol. The van der Waals surface area contributed by atoms with Crippen LogP contribution >= 0.6 is 15.9 Å². The van der Waals surface area contributed by atoms with Crippen molar-refractivity contribution < 1.29 is 14.6 Å². The Bertz CT molecular complexity index is 474. The highest BCUT2D eigenvalue weighted by atomic mass is 79.9. The standard InChI is InChI=1S/C14H18BrNO3/c1-9(2)8-19-12-5-3-4-10(14(12)15)11(16)6-7-13(17)18/h3-5,11H,1,6-8,16H2,2H3,(H,17,18). The van der Waals surface area contributed by atoms with Gasteiger partial charge in [0.2, 0.25) is 0 Å². The van der Waals surface area contributed by atoms with Crippen LogP contribution in [0, 0.1) is 0 Å². The molecule has 0 aromatic heterocycles. The van der Waals surface area contributed by atoms with Gasteiger partial charge in [-0.3, -0.25) is 4.79 Å². The molecule has 0 amide bonds. The lowest BCUT2D eigenvalue weighted by Crippen LogP contribution is -2.13. The fourth-order valence-corrected chi connectivity index (χ4v) is 2.23. The molecule has 1 aromatic rings. The predicted molar refractivity (Wildman–Crippen MR) is 78.2 cm³/mol. The van der Waals surface area contributed by atoms with E-state index >= 15 is 0 Å². The molecule has 0 bridgehead atoms. The summed E-state index contributed by atoms with van der Waals surface area (Å²) in [6.45, 7) is 6.10. The summed E-state index contributed by atoms with van der Waals surface area (Å²) in [7, 11) is 0. The van der Waals surface area contributed by atoms with Gasteiger partial charge in [-0.15, -0.1) is 0 Å². The maximum atomic E-state index is 10.6. The molecule has 0 heterocycles. The number of carboxylic acid groups (broad SMARTS) is 1. The van der Waals surface area contributed by atoms with Gasteiger partial charge in [-0.05, 0) is 46.5 Å². The molecule has 1 unspecified atom stereocenters. The molecule has 5 heteroatoms. The second-order valence-corrected chi connectivity index (χ2v) is 5.24. The van der Waals surface area contributed by atoms with Gasteiger partial charge >= 0.3 is 5.97 Å². The van der Waals surface area contributed by atoms with Crippen molar-refractivity contribution in [2.75, 3.05) is 6.61 Å². The average molecular weight is 328 g/mol. The lowest BCUT2D eigenvalue weighted by Gasteiger charge is -2.16. The zero-order valence-corrected chi connectivity index (χ0v) is 12.4. The monoisotopic (exact) mass is 327 g/mol. The van der Waals surface area contributed by atoms with Crippen molar-refractivity contribution in [3.05, 3.63) is 40.4 Å². The second kappa shape index (κ2) is 7.31. The molecule has 19 heavy (non-hydrogen) atoms. The van der Waals surface area contributed by atoms with Gasteiger partial charge in [0, 0.05) is 12.5 Å². The summed E-state index contributed by atoms with van der Waals surface area (Å²) in [6, 6.07) is 5.21. The Morgan fingerprint density at radius 3 is 2.84 bits per heavy atom. The topological polar surface area (TPSA) is 72.5 Å². The van der Waals surface area contributed by atoms with Crippen LogP contribution in [0.1, 0.15) is 31.4 Å². The molecule has 3 N–H and O–H groups in total. The largest absolute Gasteiger partial charge is 0.488 e. The number of benzene rings is 1. The highest BCUT2D eigenvalue weighted by Gasteiger charge is 2.14. The molecule has 0 aliphatic carbocycles. The minimum atomic E-state index is -0.846. The summed E-state index contributed by atoms with van der Waals surface area (Å²) in [6.07, 6.45) is 0.433. The van der Waals surface area contributed by atoms with E-state index in [2.05, 4.69) is 22.5 Å². The summed E-state index contributed by atoms with van der Waals surface area (Å²) in [5.74, 6) is -0.160. The number of ether oxygens (including phenoxy) is 1. The smallest absolute Gasteiger partial charge is 0.303 e. The zero-order valence-electron chi connectivity index (χ0n) is 10.9. The molecule has 1 aromatic carbocycles. The Balaban J connectivity index is 2.81. The van der Waals surface area contributed by atoms with E-state index in [0.29, 0.717) is 18.8 Å². The van der Waals surface area contributed by atoms with Crippen LogP contribution in [0.15, 0.2) is 34.8 Å². The summed E-state index contributed by atoms with van der Waals surface area (Å²) in [5.41, 5.74) is 7.77. The number of aliphatic carboxylic acids is 1. The molecule has 4 nitrogen and oxygen atoms in total. The van der Waals surface area contributed by atoms with E-state index in [-0.39, 0.29) is 12.5 Å². The van der Waals surface area contributed by atoms with Crippen molar-refractivity contribution in [2.24, 2.45) is 5.73 Å².